The van der Waals surface area contributed by atoms with E-state index in [1.165, 1.54) is 89.2 Å². The number of carboxylic acid groups (broad SMARTS) is 1. The molecule has 0 heterocycles. The number of carbonyl (C=O) groups is 2. The molecule has 160 valence electrons. The van der Waals surface area contributed by atoms with Gasteiger partial charge in [-0.1, -0.05) is 103 Å². The Balaban J connectivity index is 0. The summed E-state index contributed by atoms with van der Waals surface area (Å²) in [5.74, 6) is -1.66. The molecule has 0 aromatic heterocycles. The van der Waals surface area contributed by atoms with Crippen LogP contribution >= 0.6 is 0 Å². The molecule has 4 nitrogen and oxygen atoms in total. The molecule has 1 aromatic rings. The van der Waals surface area contributed by atoms with Crippen molar-refractivity contribution in [2.75, 3.05) is 6.61 Å². The number of hydrogen-bond acceptors (Lipinski definition) is 3. The molecule has 0 saturated heterocycles. The number of rotatable bonds is 17. The minimum Gasteiger partial charge on any atom is -1.00 e. The second-order valence-corrected chi connectivity index (χ2v) is 7.58. The van der Waals surface area contributed by atoms with E-state index in [9.17, 15) is 9.59 Å². The second kappa shape index (κ2) is 19.1. The molecule has 0 fully saturated rings. The van der Waals surface area contributed by atoms with Crippen LogP contribution in [0.2, 0.25) is 0 Å². The number of aromatic carboxylic acids is 1. The Labute approximate surface area is 200 Å². The zero-order valence-corrected chi connectivity index (χ0v) is 20.6. The topological polar surface area (TPSA) is 63.6 Å². The van der Waals surface area contributed by atoms with Crippen molar-refractivity contribution < 1.29 is 50.4 Å². The van der Waals surface area contributed by atoms with Gasteiger partial charge in [-0.05, 0) is 18.6 Å². The van der Waals surface area contributed by atoms with E-state index in [1.807, 2.05) is 0 Å². The SMILES string of the molecule is CCCCCCCCCCCCCCCCOC(=O)c1ccccc1C(=O)O.[H-].[Na+]. The third kappa shape index (κ3) is 13.9. The molecular formula is C24H39NaO4. The summed E-state index contributed by atoms with van der Waals surface area (Å²) in [6, 6.07) is 6.17. The van der Waals surface area contributed by atoms with Crippen LogP contribution in [0.5, 0.6) is 0 Å². The summed E-state index contributed by atoms with van der Waals surface area (Å²) < 4.78 is 5.22. The molecule has 0 aliphatic heterocycles. The predicted molar refractivity (Wildman–Crippen MR) is 115 cm³/mol. The Bertz CT molecular complexity index is 566. The summed E-state index contributed by atoms with van der Waals surface area (Å²) in [4.78, 5) is 23.1. The molecule has 0 aliphatic carbocycles. The van der Waals surface area contributed by atoms with Gasteiger partial charge in [0.05, 0.1) is 17.7 Å². The molecule has 1 N–H and O–H groups in total. The summed E-state index contributed by atoms with van der Waals surface area (Å²) in [6.07, 6.45) is 17.9. The van der Waals surface area contributed by atoms with Gasteiger partial charge in [-0.25, -0.2) is 9.59 Å². The normalized spacial score (nSPS) is 10.4. The van der Waals surface area contributed by atoms with Crippen molar-refractivity contribution in [3.63, 3.8) is 0 Å². The van der Waals surface area contributed by atoms with E-state index in [4.69, 9.17) is 9.84 Å². The quantitative estimate of drug-likeness (QED) is 0.236. The third-order valence-corrected chi connectivity index (χ3v) is 5.11. The summed E-state index contributed by atoms with van der Waals surface area (Å²) >= 11 is 0. The van der Waals surface area contributed by atoms with Crippen LogP contribution in [0.1, 0.15) is 119 Å². The first-order valence-corrected chi connectivity index (χ1v) is 11.2. The van der Waals surface area contributed by atoms with Gasteiger partial charge in [0, 0.05) is 0 Å². The van der Waals surface area contributed by atoms with Crippen LogP contribution in [0.3, 0.4) is 0 Å². The summed E-state index contributed by atoms with van der Waals surface area (Å²) in [6.45, 7) is 2.61. The Morgan fingerprint density at radius 1 is 0.759 bits per heavy atom. The largest absolute Gasteiger partial charge is 1.00 e. The van der Waals surface area contributed by atoms with Crippen molar-refractivity contribution in [2.24, 2.45) is 0 Å². The molecule has 0 radical (unpaired) electrons. The first kappa shape index (κ1) is 28.2. The zero-order chi connectivity index (χ0) is 20.5. The Kier molecular flexibility index (Phi) is 18.6. The van der Waals surface area contributed by atoms with Crippen molar-refractivity contribution in [1.29, 1.82) is 0 Å². The van der Waals surface area contributed by atoms with Crippen LogP contribution < -0.4 is 29.6 Å². The Morgan fingerprint density at radius 2 is 1.17 bits per heavy atom. The van der Waals surface area contributed by atoms with Crippen LogP contribution in [0, 0.1) is 0 Å². The first-order chi connectivity index (χ1) is 13.7. The van der Waals surface area contributed by atoms with Gasteiger partial charge in [-0.15, -0.1) is 0 Å². The van der Waals surface area contributed by atoms with Gasteiger partial charge in [0.2, 0.25) is 0 Å². The standard InChI is InChI=1S/C24H38O4.Na.H/c1-2-3-4-5-6-7-8-9-10-11-12-13-14-17-20-28-24(27)22-19-16-15-18-21(22)23(25)26;;/h15-16,18-19H,2-14,17,20H2,1H3,(H,25,26);;/q;+1;-1. The first-order valence-electron chi connectivity index (χ1n) is 11.2. The molecule has 0 aliphatic rings. The van der Waals surface area contributed by atoms with Crippen molar-refractivity contribution in [3.8, 4) is 0 Å². The van der Waals surface area contributed by atoms with Gasteiger partial charge < -0.3 is 11.3 Å². The molecule has 29 heavy (non-hydrogen) atoms. The monoisotopic (exact) mass is 414 g/mol. The summed E-state index contributed by atoms with van der Waals surface area (Å²) in [5.41, 5.74) is 0.119. The second-order valence-electron chi connectivity index (χ2n) is 7.58. The fourth-order valence-electron chi connectivity index (χ4n) is 3.39. The van der Waals surface area contributed by atoms with Crippen molar-refractivity contribution in [1.82, 2.24) is 0 Å². The van der Waals surface area contributed by atoms with Crippen molar-refractivity contribution >= 4 is 11.9 Å². The number of carboxylic acids is 1. The summed E-state index contributed by atoms with van der Waals surface area (Å²) in [5, 5.41) is 9.11. The molecule has 5 heteroatoms. The van der Waals surface area contributed by atoms with Gasteiger partial charge in [-0.3, -0.25) is 0 Å². The molecule has 0 saturated carbocycles. The smallest absolute Gasteiger partial charge is 1.00 e. The average Bonchev–Trinajstić information content (AvgIpc) is 2.70. The molecule has 1 aromatic carbocycles. The number of unbranched alkanes of at least 4 members (excludes halogenated alkanes) is 13. The minimum atomic E-state index is -1.11. The molecule has 0 bridgehead atoms. The number of benzene rings is 1. The maximum Gasteiger partial charge on any atom is 1.00 e. The van der Waals surface area contributed by atoms with E-state index in [0.29, 0.717) is 6.61 Å². The number of esters is 1. The minimum absolute atomic E-state index is 0. The van der Waals surface area contributed by atoms with Crippen LogP contribution in [0.4, 0.5) is 0 Å². The van der Waals surface area contributed by atoms with Crippen LogP contribution in [0.15, 0.2) is 24.3 Å². The van der Waals surface area contributed by atoms with E-state index >= 15 is 0 Å². The van der Waals surface area contributed by atoms with E-state index in [2.05, 4.69) is 6.92 Å². The number of carbonyl (C=O) groups excluding carboxylic acids is 1. The molecule has 0 unspecified atom stereocenters. The molecule has 0 atom stereocenters. The van der Waals surface area contributed by atoms with Crippen LogP contribution in [0.25, 0.3) is 0 Å². The van der Waals surface area contributed by atoms with Crippen molar-refractivity contribution in [3.05, 3.63) is 35.4 Å². The van der Waals surface area contributed by atoms with E-state index in [1.54, 1.807) is 12.1 Å². The third-order valence-electron chi connectivity index (χ3n) is 5.11. The van der Waals surface area contributed by atoms with Gasteiger partial charge in [0.1, 0.15) is 0 Å². The Hall–Kier alpha value is -0.840. The van der Waals surface area contributed by atoms with Gasteiger partial charge >= 0.3 is 41.5 Å². The fourth-order valence-corrected chi connectivity index (χ4v) is 3.39. The van der Waals surface area contributed by atoms with E-state index in [-0.39, 0.29) is 42.1 Å². The van der Waals surface area contributed by atoms with E-state index in [0.717, 1.165) is 12.8 Å². The van der Waals surface area contributed by atoms with E-state index < -0.39 is 11.9 Å². The summed E-state index contributed by atoms with van der Waals surface area (Å²) in [7, 11) is 0. The molecule has 0 amide bonds. The van der Waals surface area contributed by atoms with Gasteiger partial charge in [-0.2, -0.15) is 0 Å². The molecular weight excluding hydrogens is 375 g/mol. The molecule has 0 spiro atoms. The fraction of sp³-hybridized carbons (Fsp3) is 0.667. The number of hydrogen-bond donors (Lipinski definition) is 1. The van der Waals surface area contributed by atoms with Crippen molar-refractivity contribution in [2.45, 2.75) is 96.8 Å². The maximum absolute atomic E-state index is 12.0. The van der Waals surface area contributed by atoms with Crippen LogP contribution in [-0.2, 0) is 4.74 Å². The predicted octanol–water partition coefficient (Wildman–Crippen LogP) is 4.14. The van der Waals surface area contributed by atoms with Gasteiger partial charge in [0.25, 0.3) is 0 Å². The maximum atomic E-state index is 12.0. The van der Waals surface area contributed by atoms with Gasteiger partial charge in [0.15, 0.2) is 0 Å². The average molecular weight is 415 g/mol. The Morgan fingerprint density at radius 3 is 1.62 bits per heavy atom. The zero-order valence-electron chi connectivity index (χ0n) is 19.6. The number of ether oxygens (including phenoxy) is 1. The molecule has 1 rings (SSSR count). The van der Waals surface area contributed by atoms with Crippen LogP contribution in [-0.4, -0.2) is 23.7 Å².